The maximum absolute atomic E-state index is 5.72. The Morgan fingerprint density at radius 3 is 2.00 bits per heavy atom. The average Bonchev–Trinajstić information content (AvgIpc) is 2.72. The molecule has 0 radical (unpaired) electrons. The van der Waals surface area contributed by atoms with Gasteiger partial charge in [-0.1, -0.05) is 0 Å². The molecule has 0 amide bonds. The molecule has 0 aliphatic carbocycles. The van der Waals surface area contributed by atoms with E-state index in [1.165, 1.54) is 0 Å². The third-order valence-corrected chi connectivity index (χ3v) is 3.94. The summed E-state index contributed by atoms with van der Waals surface area (Å²) in [5, 5.41) is 6.54. The first kappa shape index (κ1) is 19.3. The van der Waals surface area contributed by atoms with E-state index < -0.39 is 0 Å². The van der Waals surface area contributed by atoms with Gasteiger partial charge in [0.25, 0.3) is 0 Å². The summed E-state index contributed by atoms with van der Waals surface area (Å²) in [5.74, 6) is 4.54. The number of ether oxygens (including phenoxy) is 3. The molecule has 1 aromatic heterocycles. The molecule has 146 valence electrons. The summed E-state index contributed by atoms with van der Waals surface area (Å²) in [6.45, 7) is 2.99. The summed E-state index contributed by atoms with van der Waals surface area (Å²) >= 11 is 0. The van der Waals surface area contributed by atoms with Gasteiger partial charge in [-0.3, -0.25) is 0 Å². The Kier molecular flexibility index (Phi) is 6.51. The molecule has 0 aliphatic rings. The lowest BCUT2D eigenvalue weighted by molar-refractivity contribution is 0.331. The second-order valence-electron chi connectivity index (χ2n) is 5.99. The molecule has 0 bridgehead atoms. The molecule has 0 atom stereocenters. The number of rotatable bonds is 9. The van der Waals surface area contributed by atoms with Crippen molar-refractivity contribution in [2.75, 3.05) is 38.0 Å². The molecule has 7 heteroatoms. The van der Waals surface area contributed by atoms with Crippen LogP contribution in [0.1, 0.15) is 5.82 Å². The van der Waals surface area contributed by atoms with Gasteiger partial charge in [0.2, 0.25) is 0 Å². The van der Waals surface area contributed by atoms with Crippen LogP contribution in [0.5, 0.6) is 17.2 Å². The number of nitrogens with zero attached hydrogens (tertiary/aromatic N) is 2. The molecule has 1 heterocycles. The number of methoxy groups -OCH3 is 2. The maximum Gasteiger partial charge on any atom is 0.136 e. The Balaban J connectivity index is 1.53. The highest BCUT2D eigenvalue weighted by Crippen LogP contribution is 2.20. The largest absolute Gasteiger partial charge is 0.497 e. The Bertz CT molecular complexity index is 883. The second-order valence-corrected chi connectivity index (χ2v) is 5.99. The number of aromatic nitrogens is 2. The summed E-state index contributed by atoms with van der Waals surface area (Å²) in [6, 6.07) is 17.0. The van der Waals surface area contributed by atoms with Gasteiger partial charge >= 0.3 is 0 Å². The van der Waals surface area contributed by atoms with Gasteiger partial charge in [0.05, 0.1) is 20.8 Å². The van der Waals surface area contributed by atoms with E-state index in [2.05, 4.69) is 20.6 Å². The molecule has 0 spiro atoms. The first-order chi connectivity index (χ1) is 13.7. The fraction of sp³-hybridized carbons (Fsp3) is 0.238. The maximum atomic E-state index is 5.72. The molecule has 3 rings (SSSR count). The van der Waals surface area contributed by atoms with Crippen molar-refractivity contribution in [2.24, 2.45) is 0 Å². The van der Waals surface area contributed by atoms with Crippen LogP contribution in [-0.4, -0.2) is 37.3 Å². The van der Waals surface area contributed by atoms with E-state index in [4.69, 9.17) is 14.2 Å². The van der Waals surface area contributed by atoms with Crippen LogP contribution in [0.15, 0.2) is 54.6 Å². The van der Waals surface area contributed by atoms with E-state index in [-0.39, 0.29) is 0 Å². The minimum atomic E-state index is 0.511. The summed E-state index contributed by atoms with van der Waals surface area (Å²) < 4.78 is 16.0. The molecular formula is C21H24N4O3. The van der Waals surface area contributed by atoms with Gasteiger partial charge in [-0.25, -0.2) is 9.97 Å². The zero-order chi connectivity index (χ0) is 19.8. The Morgan fingerprint density at radius 1 is 0.786 bits per heavy atom. The quantitative estimate of drug-likeness (QED) is 0.543. The van der Waals surface area contributed by atoms with Gasteiger partial charge in [0.1, 0.15) is 41.3 Å². The van der Waals surface area contributed by atoms with Crippen LogP contribution >= 0.6 is 0 Å². The Labute approximate surface area is 164 Å². The molecule has 2 N–H and O–H groups in total. The average molecular weight is 380 g/mol. The SMILES string of the molecule is COc1ccc(Nc2cc(NCCOc3ccc(OC)cc3)nc(C)n2)cc1. The third kappa shape index (κ3) is 5.51. The monoisotopic (exact) mass is 380 g/mol. The van der Waals surface area contributed by atoms with Crippen molar-refractivity contribution in [2.45, 2.75) is 6.92 Å². The van der Waals surface area contributed by atoms with Gasteiger partial charge < -0.3 is 24.8 Å². The van der Waals surface area contributed by atoms with Crippen molar-refractivity contribution in [3.05, 3.63) is 60.4 Å². The van der Waals surface area contributed by atoms with Crippen molar-refractivity contribution in [3.8, 4) is 17.2 Å². The standard InChI is InChI=1S/C21H24N4O3/c1-15-23-20(22-12-13-28-19-10-8-18(27-3)9-11-19)14-21(24-15)25-16-4-6-17(26-2)7-5-16/h4-11,14H,12-13H2,1-3H3,(H2,22,23,24,25). The van der Waals surface area contributed by atoms with Gasteiger partial charge in [-0.2, -0.15) is 0 Å². The van der Waals surface area contributed by atoms with Crippen molar-refractivity contribution in [1.82, 2.24) is 9.97 Å². The van der Waals surface area contributed by atoms with Crippen LogP contribution in [0.2, 0.25) is 0 Å². The molecule has 2 aromatic carbocycles. The third-order valence-electron chi connectivity index (χ3n) is 3.94. The van der Waals surface area contributed by atoms with Crippen molar-refractivity contribution >= 4 is 17.3 Å². The molecule has 0 aliphatic heterocycles. The molecule has 3 aromatic rings. The number of hydrogen-bond donors (Lipinski definition) is 2. The summed E-state index contributed by atoms with van der Waals surface area (Å²) in [5.41, 5.74) is 0.924. The number of benzene rings is 2. The highest BCUT2D eigenvalue weighted by Gasteiger charge is 2.03. The smallest absolute Gasteiger partial charge is 0.136 e. The minimum Gasteiger partial charge on any atom is -0.497 e. The summed E-state index contributed by atoms with van der Waals surface area (Å²) in [4.78, 5) is 8.84. The normalized spacial score (nSPS) is 10.2. The van der Waals surface area contributed by atoms with E-state index in [0.717, 1.165) is 34.6 Å². The van der Waals surface area contributed by atoms with Crippen LogP contribution < -0.4 is 24.8 Å². The summed E-state index contributed by atoms with van der Waals surface area (Å²) in [7, 11) is 3.29. The zero-order valence-corrected chi connectivity index (χ0v) is 16.2. The first-order valence-electron chi connectivity index (χ1n) is 8.94. The second kappa shape index (κ2) is 9.45. The molecule has 28 heavy (non-hydrogen) atoms. The van der Waals surface area contributed by atoms with Crippen LogP contribution in [0.3, 0.4) is 0 Å². The van der Waals surface area contributed by atoms with E-state index in [0.29, 0.717) is 19.0 Å². The van der Waals surface area contributed by atoms with Crippen molar-refractivity contribution in [1.29, 1.82) is 0 Å². The first-order valence-corrected chi connectivity index (χ1v) is 8.94. The fourth-order valence-corrected chi connectivity index (χ4v) is 2.56. The van der Waals surface area contributed by atoms with E-state index in [9.17, 15) is 0 Å². The minimum absolute atomic E-state index is 0.511. The lowest BCUT2D eigenvalue weighted by Gasteiger charge is -2.11. The molecule has 0 saturated heterocycles. The Morgan fingerprint density at radius 2 is 1.36 bits per heavy atom. The fourth-order valence-electron chi connectivity index (χ4n) is 2.56. The van der Waals surface area contributed by atoms with Crippen molar-refractivity contribution < 1.29 is 14.2 Å². The molecular weight excluding hydrogens is 356 g/mol. The Hall–Kier alpha value is -3.48. The van der Waals surface area contributed by atoms with Crippen LogP contribution in [-0.2, 0) is 0 Å². The van der Waals surface area contributed by atoms with E-state index >= 15 is 0 Å². The highest BCUT2D eigenvalue weighted by molar-refractivity contribution is 5.60. The summed E-state index contributed by atoms with van der Waals surface area (Å²) in [6.07, 6.45) is 0. The van der Waals surface area contributed by atoms with Crippen LogP contribution in [0.4, 0.5) is 17.3 Å². The van der Waals surface area contributed by atoms with Gasteiger partial charge in [0, 0.05) is 11.8 Å². The lowest BCUT2D eigenvalue weighted by atomic mass is 10.3. The molecule has 0 unspecified atom stereocenters. The highest BCUT2D eigenvalue weighted by atomic mass is 16.5. The number of hydrogen-bond acceptors (Lipinski definition) is 7. The van der Waals surface area contributed by atoms with E-state index in [1.54, 1.807) is 14.2 Å². The zero-order valence-electron chi connectivity index (χ0n) is 16.2. The van der Waals surface area contributed by atoms with Gasteiger partial charge in [-0.05, 0) is 55.5 Å². The topological polar surface area (TPSA) is 77.5 Å². The van der Waals surface area contributed by atoms with Crippen LogP contribution in [0, 0.1) is 6.92 Å². The van der Waals surface area contributed by atoms with Crippen LogP contribution in [0.25, 0.3) is 0 Å². The van der Waals surface area contributed by atoms with Gasteiger partial charge in [-0.15, -0.1) is 0 Å². The number of aryl methyl sites for hydroxylation is 1. The predicted octanol–water partition coefficient (Wildman–Crippen LogP) is 4.04. The predicted molar refractivity (Wildman–Crippen MR) is 110 cm³/mol. The van der Waals surface area contributed by atoms with E-state index in [1.807, 2.05) is 61.5 Å². The molecule has 0 saturated carbocycles. The molecule has 7 nitrogen and oxygen atoms in total. The van der Waals surface area contributed by atoms with Crippen molar-refractivity contribution in [3.63, 3.8) is 0 Å². The van der Waals surface area contributed by atoms with Gasteiger partial charge in [0.15, 0.2) is 0 Å². The lowest BCUT2D eigenvalue weighted by Crippen LogP contribution is -2.13. The number of nitrogens with one attached hydrogen (secondary N) is 2. The number of anilines is 3. The molecule has 0 fully saturated rings.